The van der Waals surface area contributed by atoms with Crippen molar-refractivity contribution in [1.29, 1.82) is 0 Å². The molecule has 0 radical (unpaired) electrons. The van der Waals surface area contributed by atoms with Gasteiger partial charge in [0.2, 0.25) is 0 Å². The number of hydrogen-bond acceptors (Lipinski definition) is 2. The standard InChI is InChI=1S/C12H18ClNO/c1-14(2)9-8-12(13)10-4-6-11(15-3)7-5-10/h4-7,12H,8-9H2,1-3H3. The molecule has 0 aliphatic rings. The molecule has 0 saturated carbocycles. The molecule has 1 unspecified atom stereocenters. The van der Waals surface area contributed by atoms with E-state index in [9.17, 15) is 0 Å². The molecule has 1 rings (SSSR count). The van der Waals surface area contributed by atoms with Crippen molar-refractivity contribution >= 4 is 11.6 Å². The lowest BCUT2D eigenvalue weighted by Crippen LogP contribution is -2.14. The number of benzene rings is 1. The molecule has 0 aromatic heterocycles. The summed E-state index contributed by atoms with van der Waals surface area (Å²) in [7, 11) is 5.77. The average Bonchev–Trinajstić information content (AvgIpc) is 2.26. The van der Waals surface area contributed by atoms with Crippen molar-refractivity contribution < 1.29 is 4.74 Å². The Morgan fingerprint density at radius 2 is 1.87 bits per heavy atom. The molecule has 0 aliphatic heterocycles. The van der Waals surface area contributed by atoms with Crippen LogP contribution in [0, 0.1) is 0 Å². The highest BCUT2D eigenvalue weighted by atomic mass is 35.5. The molecule has 0 bridgehead atoms. The number of alkyl halides is 1. The monoisotopic (exact) mass is 227 g/mol. The van der Waals surface area contributed by atoms with E-state index < -0.39 is 0 Å². The molecule has 0 saturated heterocycles. The minimum atomic E-state index is 0.0818. The van der Waals surface area contributed by atoms with Crippen molar-refractivity contribution in [2.45, 2.75) is 11.8 Å². The summed E-state index contributed by atoms with van der Waals surface area (Å²) in [5.74, 6) is 0.871. The van der Waals surface area contributed by atoms with Gasteiger partial charge in [0.05, 0.1) is 12.5 Å². The molecule has 0 heterocycles. The summed E-state index contributed by atoms with van der Waals surface area (Å²) in [4.78, 5) is 2.14. The van der Waals surface area contributed by atoms with Crippen LogP contribution in [-0.4, -0.2) is 32.6 Å². The maximum Gasteiger partial charge on any atom is 0.118 e. The van der Waals surface area contributed by atoms with Crippen LogP contribution in [0.2, 0.25) is 0 Å². The number of methoxy groups -OCH3 is 1. The Morgan fingerprint density at radius 1 is 1.27 bits per heavy atom. The predicted octanol–water partition coefficient (Wildman–Crippen LogP) is 2.93. The summed E-state index contributed by atoms with van der Waals surface area (Å²) < 4.78 is 5.10. The van der Waals surface area contributed by atoms with Crippen molar-refractivity contribution in [2.75, 3.05) is 27.7 Å². The molecule has 0 N–H and O–H groups in total. The van der Waals surface area contributed by atoms with Crippen LogP contribution in [0.1, 0.15) is 17.4 Å². The SMILES string of the molecule is COc1ccc(C(Cl)CCN(C)C)cc1. The zero-order chi connectivity index (χ0) is 11.3. The third-order valence-corrected chi connectivity index (χ3v) is 2.78. The minimum absolute atomic E-state index is 0.0818. The molecule has 0 fully saturated rings. The summed E-state index contributed by atoms with van der Waals surface area (Å²) in [6, 6.07) is 7.93. The Hall–Kier alpha value is -0.730. The number of halogens is 1. The zero-order valence-corrected chi connectivity index (χ0v) is 10.3. The quantitative estimate of drug-likeness (QED) is 0.718. The van der Waals surface area contributed by atoms with Gasteiger partial charge in [0, 0.05) is 0 Å². The first kappa shape index (κ1) is 12.3. The summed E-state index contributed by atoms with van der Waals surface area (Å²) in [6.45, 7) is 1.00. The largest absolute Gasteiger partial charge is 0.497 e. The fourth-order valence-corrected chi connectivity index (χ4v) is 1.59. The molecule has 1 atom stereocenters. The smallest absolute Gasteiger partial charge is 0.118 e. The van der Waals surface area contributed by atoms with E-state index in [1.165, 1.54) is 0 Å². The van der Waals surface area contributed by atoms with Gasteiger partial charge in [-0.05, 0) is 44.8 Å². The number of rotatable bonds is 5. The molecule has 0 spiro atoms. The lowest BCUT2D eigenvalue weighted by atomic mass is 10.1. The molecule has 15 heavy (non-hydrogen) atoms. The highest BCUT2D eigenvalue weighted by Crippen LogP contribution is 2.25. The van der Waals surface area contributed by atoms with Crippen LogP contribution in [-0.2, 0) is 0 Å². The Bertz CT molecular complexity index is 284. The summed E-state index contributed by atoms with van der Waals surface area (Å²) >= 11 is 6.28. The molecule has 84 valence electrons. The van der Waals surface area contributed by atoms with Crippen molar-refractivity contribution in [2.24, 2.45) is 0 Å². The average molecular weight is 228 g/mol. The molecule has 2 nitrogen and oxygen atoms in total. The molecule has 0 amide bonds. The van der Waals surface area contributed by atoms with E-state index in [0.717, 1.165) is 24.3 Å². The van der Waals surface area contributed by atoms with E-state index in [0.29, 0.717) is 0 Å². The first-order valence-corrected chi connectivity index (χ1v) is 5.50. The van der Waals surface area contributed by atoms with Crippen LogP contribution in [0.4, 0.5) is 0 Å². The second-order valence-electron chi connectivity index (χ2n) is 3.83. The molecule has 0 aliphatic carbocycles. The number of nitrogens with zero attached hydrogens (tertiary/aromatic N) is 1. The fraction of sp³-hybridized carbons (Fsp3) is 0.500. The van der Waals surface area contributed by atoms with E-state index in [2.05, 4.69) is 19.0 Å². The highest BCUT2D eigenvalue weighted by Gasteiger charge is 2.07. The van der Waals surface area contributed by atoms with Crippen LogP contribution in [0.15, 0.2) is 24.3 Å². The molecular formula is C12H18ClNO. The fourth-order valence-electron chi connectivity index (χ4n) is 1.35. The second kappa shape index (κ2) is 5.99. The highest BCUT2D eigenvalue weighted by molar-refractivity contribution is 6.20. The van der Waals surface area contributed by atoms with Gasteiger partial charge in [0.15, 0.2) is 0 Å². The maximum atomic E-state index is 6.28. The normalized spacial score (nSPS) is 12.9. The van der Waals surface area contributed by atoms with Gasteiger partial charge in [0.25, 0.3) is 0 Å². The van der Waals surface area contributed by atoms with E-state index in [-0.39, 0.29) is 5.38 Å². The molecule has 1 aromatic carbocycles. The number of hydrogen-bond donors (Lipinski definition) is 0. The predicted molar refractivity (Wildman–Crippen MR) is 64.8 cm³/mol. The summed E-state index contributed by atoms with van der Waals surface area (Å²) in [6.07, 6.45) is 0.959. The van der Waals surface area contributed by atoms with Gasteiger partial charge >= 0.3 is 0 Å². The van der Waals surface area contributed by atoms with E-state index >= 15 is 0 Å². The van der Waals surface area contributed by atoms with Crippen molar-refractivity contribution in [3.8, 4) is 5.75 Å². The first-order valence-electron chi connectivity index (χ1n) is 5.06. The van der Waals surface area contributed by atoms with Crippen LogP contribution >= 0.6 is 11.6 Å². The van der Waals surface area contributed by atoms with E-state index in [1.54, 1.807) is 7.11 Å². The summed E-state index contributed by atoms with van der Waals surface area (Å²) in [5.41, 5.74) is 1.15. The van der Waals surface area contributed by atoms with Crippen molar-refractivity contribution in [3.05, 3.63) is 29.8 Å². The van der Waals surface area contributed by atoms with Crippen LogP contribution < -0.4 is 4.74 Å². The summed E-state index contributed by atoms with van der Waals surface area (Å²) in [5, 5.41) is 0.0818. The van der Waals surface area contributed by atoms with Gasteiger partial charge in [-0.25, -0.2) is 0 Å². The van der Waals surface area contributed by atoms with Crippen LogP contribution in [0.25, 0.3) is 0 Å². The molecular weight excluding hydrogens is 210 g/mol. The molecule has 1 aromatic rings. The molecule has 3 heteroatoms. The van der Waals surface area contributed by atoms with Crippen LogP contribution in [0.3, 0.4) is 0 Å². The Morgan fingerprint density at radius 3 is 2.33 bits per heavy atom. The number of ether oxygens (including phenoxy) is 1. The van der Waals surface area contributed by atoms with Gasteiger partial charge in [-0.15, -0.1) is 11.6 Å². The van der Waals surface area contributed by atoms with Crippen LogP contribution in [0.5, 0.6) is 5.75 Å². The first-order chi connectivity index (χ1) is 7.13. The zero-order valence-electron chi connectivity index (χ0n) is 9.53. The third-order valence-electron chi connectivity index (χ3n) is 2.31. The minimum Gasteiger partial charge on any atom is -0.497 e. The Kier molecular flexibility index (Phi) is 4.92. The van der Waals surface area contributed by atoms with Gasteiger partial charge in [-0.2, -0.15) is 0 Å². The lowest BCUT2D eigenvalue weighted by molar-refractivity contribution is 0.397. The van der Waals surface area contributed by atoms with Gasteiger partial charge < -0.3 is 9.64 Å². The topological polar surface area (TPSA) is 12.5 Å². The van der Waals surface area contributed by atoms with E-state index in [4.69, 9.17) is 16.3 Å². The Labute approximate surface area is 96.8 Å². The Balaban J connectivity index is 2.54. The van der Waals surface area contributed by atoms with Gasteiger partial charge in [-0.3, -0.25) is 0 Å². The second-order valence-corrected chi connectivity index (χ2v) is 4.36. The maximum absolute atomic E-state index is 6.28. The third kappa shape index (κ3) is 4.10. The van der Waals surface area contributed by atoms with Gasteiger partial charge in [-0.1, -0.05) is 12.1 Å². The van der Waals surface area contributed by atoms with E-state index in [1.807, 2.05) is 24.3 Å². The van der Waals surface area contributed by atoms with Crippen molar-refractivity contribution in [1.82, 2.24) is 4.90 Å². The van der Waals surface area contributed by atoms with Gasteiger partial charge in [0.1, 0.15) is 5.75 Å². The van der Waals surface area contributed by atoms with Crippen molar-refractivity contribution in [3.63, 3.8) is 0 Å². The lowest BCUT2D eigenvalue weighted by Gasteiger charge is -2.14.